The zero-order valence-electron chi connectivity index (χ0n) is 14.6. The van der Waals surface area contributed by atoms with Crippen LogP contribution in [0.2, 0.25) is 0 Å². The average Bonchev–Trinajstić information content (AvgIpc) is 2.63. The van der Waals surface area contributed by atoms with Gasteiger partial charge in [0, 0.05) is 0 Å². The minimum atomic E-state index is -1.01. The second kappa shape index (κ2) is 19.5. The summed E-state index contributed by atoms with van der Waals surface area (Å²) in [5, 5.41) is 17.1. The Morgan fingerprint density at radius 1 is 0.680 bits per heavy atom. The van der Waals surface area contributed by atoms with Gasteiger partial charge < -0.3 is 44.4 Å². The molecule has 0 heterocycles. The molecule has 0 aromatic heterocycles. The van der Waals surface area contributed by atoms with Crippen molar-refractivity contribution in [3.63, 3.8) is 0 Å². The molecule has 0 fully saturated rings. The molecule has 0 saturated heterocycles. The third-order valence-corrected chi connectivity index (χ3v) is 2.70. The van der Waals surface area contributed by atoms with Gasteiger partial charge in [-0.25, -0.2) is 0 Å². The molecule has 0 radical (unpaired) electrons. The molecule has 0 aliphatic rings. The van der Waals surface area contributed by atoms with Crippen LogP contribution in [0.3, 0.4) is 0 Å². The number of carbonyl (C=O) groups is 1. The maximum absolute atomic E-state index is 11.1. The number of aliphatic hydroxyl groups excluding tert-OH is 2. The Morgan fingerprint density at radius 2 is 1.04 bits per heavy atom. The van der Waals surface area contributed by atoms with Gasteiger partial charge in [-0.15, -0.1) is 0 Å². The minimum absolute atomic E-state index is 0.0148. The number of ether oxygens (including phenoxy) is 6. The molecule has 1 atom stereocenters. The molecule has 0 rings (SSSR count). The first kappa shape index (κ1) is 24.1. The van der Waals surface area contributed by atoms with Crippen LogP contribution in [-0.2, 0) is 33.2 Å². The Balaban J connectivity index is 3.08. The van der Waals surface area contributed by atoms with E-state index in [1.54, 1.807) is 0 Å². The van der Waals surface area contributed by atoms with Gasteiger partial charge in [-0.2, -0.15) is 0 Å². The molecule has 10 heteroatoms. The van der Waals surface area contributed by atoms with Gasteiger partial charge in [-0.3, -0.25) is 4.79 Å². The molecule has 0 aromatic rings. The standard InChI is InChI=1S/C15H31NO9/c16-14(13-18)15(19)25-12-11-24-10-9-23-8-7-22-6-5-21-4-3-20-2-1-17/h14,17-18H,1-13,16H2/t14-/m0/s1. The van der Waals surface area contributed by atoms with Crippen LogP contribution < -0.4 is 5.73 Å². The lowest BCUT2D eigenvalue weighted by molar-refractivity contribution is -0.147. The van der Waals surface area contributed by atoms with Gasteiger partial charge >= 0.3 is 5.97 Å². The summed E-state index contributed by atoms with van der Waals surface area (Å²) in [5.74, 6) is -0.652. The van der Waals surface area contributed by atoms with E-state index in [4.69, 9.17) is 44.4 Å². The molecule has 10 nitrogen and oxygen atoms in total. The molecule has 0 aromatic carbocycles. The zero-order valence-corrected chi connectivity index (χ0v) is 14.6. The van der Waals surface area contributed by atoms with E-state index < -0.39 is 18.6 Å². The van der Waals surface area contributed by atoms with E-state index in [2.05, 4.69) is 0 Å². The summed E-state index contributed by atoms with van der Waals surface area (Å²) in [5.41, 5.74) is 5.27. The van der Waals surface area contributed by atoms with Gasteiger partial charge in [0.1, 0.15) is 12.6 Å². The van der Waals surface area contributed by atoms with Crippen LogP contribution in [-0.4, -0.2) is 108 Å². The van der Waals surface area contributed by atoms with E-state index in [0.717, 1.165) is 0 Å². The number of nitrogens with two attached hydrogens (primary N) is 1. The molecule has 0 aliphatic carbocycles. The van der Waals surface area contributed by atoms with Crippen molar-refractivity contribution in [1.82, 2.24) is 0 Å². The second-order valence-corrected chi connectivity index (χ2v) is 4.74. The highest BCUT2D eigenvalue weighted by atomic mass is 16.6. The highest BCUT2D eigenvalue weighted by Crippen LogP contribution is 1.87. The minimum Gasteiger partial charge on any atom is -0.462 e. The predicted molar refractivity (Wildman–Crippen MR) is 87.2 cm³/mol. The van der Waals surface area contributed by atoms with Crippen molar-refractivity contribution in [2.45, 2.75) is 6.04 Å². The van der Waals surface area contributed by atoms with Crippen LogP contribution in [0, 0.1) is 0 Å². The first-order valence-corrected chi connectivity index (χ1v) is 8.25. The van der Waals surface area contributed by atoms with Crippen molar-refractivity contribution in [2.24, 2.45) is 5.73 Å². The molecule has 0 bridgehead atoms. The summed E-state index contributed by atoms with van der Waals surface area (Å²) < 4.78 is 30.9. The summed E-state index contributed by atoms with van der Waals surface area (Å²) in [6, 6.07) is -1.01. The molecule has 0 aliphatic heterocycles. The third kappa shape index (κ3) is 17.8. The van der Waals surface area contributed by atoms with Crippen LogP contribution in [0.25, 0.3) is 0 Å². The third-order valence-electron chi connectivity index (χ3n) is 2.70. The van der Waals surface area contributed by atoms with Crippen molar-refractivity contribution < 1.29 is 43.4 Å². The van der Waals surface area contributed by atoms with Gasteiger partial charge in [-0.1, -0.05) is 0 Å². The summed E-state index contributed by atoms with van der Waals surface area (Å²) in [4.78, 5) is 11.1. The van der Waals surface area contributed by atoms with E-state index in [9.17, 15) is 4.79 Å². The topological polar surface area (TPSA) is 139 Å². The summed E-state index contributed by atoms with van der Waals surface area (Å²) in [6.45, 7) is 3.79. The van der Waals surface area contributed by atoms with Crippen molar-refractivity contribution in [1.29, 1.82) is 0 Å². The van der Waals surface area contributed by atoms with E-state index >= 15 is 0 Å². The molecule has 0 spiro atoms. The van der Waals surface area contributed by atoms with Crippen LogP contribution >= 0.6 is 0 Å². The Kier molecular flexibility index (Phi) is 18.8. The van der Waals surface area contributed by atoms with Gasteiger partial charge in [0.2, 0.25) is 0 Å². The number of rotatable bonds is 19. The Bertz CT molecular complexity index is 294. The fraction of sp³-hybridized carbons (Fsp3) is 0.933. The number of hydrogen-bond donors (Lipinski definition) is 3. The fourth-order valence-electron chi connectivity index (χ4n) is 1.43. The number of hydrogen-bond acceptors (Lipinski definition) is 10. The first-order chi connectivity index (χ1) is 12.2. The maximum Gasteiger partial charge on any atom is 0.325 e. The highest BCUT2D eigenvalue weighted by Gasteiger charge is 2.12. The lowest BCUT2D eigenvalue weighted by atomic mass is 10.3. The van der Waals surface area contributed by atoms with Crippen LogP contribution in [0.1, 0.15) is 0 Å². The number of aliphatic hydroxyl groups is 2. The fourth-order valence-corrected chi connectivity index (χ4v) is 1.43. The summed E-state index contributed by atoms with van der Waals surface area (Å²) >= 11 is 0. The van der Waals surface area contributed by atoms with Gasteiger partial charge in [-0.05, 0) is 0 Å². The van der Waals surface area contributed by atoms with E-state index in [1.807, 2.05) is 0 Å². The van der Waals surface area contributed by atoms with E-state index in [1.165, 1.54) is 0 Å². The van der Waals surface area contributed by atoms with Crippen molar-refractivity contribution in [3.05, 3.63) is 0 Å². The molecule has 150 valence electrons. The lowest BCUT2D eigenvalue weighted by Crippen LogP contribution is -2.36. The monoisotopic (exact) mass is 369 g/mol. The Hall–Kier alpha value is -0.850. The SMILES string of the molecule is N[C@@H](CO)C(=O)OCCOCCOCCOCCOCCOCCO. The van der Waals surface area contributed by atoms with E-state index in [-0.39, 0.29) is 19.8 Å². The average molecular weight is 369 g/mol. The van der Waals surface area contributed by atoms with Crippen LogP contribution in [0.5, 0.6) is 0 Å². The summed E-state index contributed by atoms with van der Waals surface area (Å²) in [7, 11) is 0. The first-order valence-electron chi connectivity index (χ1n) is 8.25. The molecule has 0 amide bonds. The normalized spacial score (nSPS) is 12.3. The molecule has 4 N–H and O–H groups in total. The van der Waals surface area contributed by atoms with Crippen molar-refractivity contribution >= 4 is 5.97 Å². The Labute approximate surface area is 148 Å². The van der Waals surface area contributed by atoms with Crippen molar-refractivity contribution in [3.8, 4) is 0 Å². The maximum atomic E-state index is 11.1. The zero-order chi connectivity index (χ0) is 18.6. The van der Waals surface area contributed by atoms with Gasteiger partial charge in [0.25, 0.3) is 0 Å². The molecule has 0 saturated carbocycles. The van der Waals surface area contributed by atoms with Gasteiger partial charge in [0.15, 0.2) is 0 Å². The largest absolute Gasteiger partial charge is 0.462 e. The predicted octanol–water partition coefficient (Wildman–Crippen LogP) is -2.08. The quantitative estimate of drug-likeness (QED) is 0.172. The lowest BCUT2D eigenvalue weighted by Gasteiger charge is -2.09. The number of carbonyl (C=O) groups excluding carboxylic acids is 1. The van der Waals surface area contributed by atoms with Crippen LogP contribution in [0.4, 0.5) is 0 Å². The van der Waals surface area contributed by atoms with Crippen molar-refractivity contribution in [2.75, 3.05) is 85.9 Å². The molecule has 25 heavy (non-hydrogen) atoms. The molecular formula is C15H31NO9. The van der Waals surface area contributed by atoms with Crippen LogP contribution in [0.15, 0.2) is 0 Å². The summed E-state index contributed by atoms with van der Waals surface area (Å²) in [6.07, 6.45) is 0. The Morgan fingerprint density at radius 3 is 1.40 bits per heavy atom. The van der Waals surface area contributed by atoms with E-state index in [0.29, 0.717) is 59.5 Å². The smallest absolute Gasteiger partial charge is 0.325 e. The second-order valence-electron chi connectivity index (χ2n) is 4.74. The number of esters is 1. The highest BCUT2D eigenvalue weighted by molar-refractivity contribution is 5.75. The van der Waals surface area contributed by atoms with Gasteiger partial charge in [0.05, 0.1) is 79.3 Å². The molecule has 0 unspecified atom stereocenters. The molecular weight excluding hydrogens is 338 g/mol.